The molecule has 0 heterocycles. The quantitative estimate of drug-likeness (QED) is 0.665. The van der Waals surface area contributed by atoms with Crippen LogP contribution in [-0.2, 0) is 16.5 Å². The lowest BCUT2D eigenvalue weighted by atomic mass is 10.0. The summed E-state index contributed by atoms with van der Waals surface area (Å²) in [6.07, 6.45) is -2.45. The summed E-state index contributed by atoms with van der Waals surface area (Å²) in [7, 11) is 0. The molecule has 0 aliphatic heterocycles. The fourth-order valence-corrected chi connectivity index (χ4v) is 1.97. The summed E-state index contributed by atoms with van der Waals surface area (Å²) in [5, 5.41) is 8.90. The minimum Gasteiger partial charge on any atom is -0.506 e. The van der Waals surface area contributed by atoms with E-state index in [1.54, 1.807) is 0 Å². The molecule has 18 heavy (non-hydrogen) atoms. The number of alkyl halides is 3. The highest BCUT2D eigenvalue weighted by Crippen LogP contribution is 2.52. The number of aliphatic imine (C=N–C) groups is 1. The third-order valence-corrected chi connectivity index (χ3v) is 3.18. The van der Waals surface area contributed by atoms with Gasteiger partial charge in [-0.25, -0.2) is 4.79 Å². The van der Waals surface area contributed by atoms with E-state index < -0.39 is 28.1 Å². The van der Waals surface area contributed by atoms with Gasteiger partial charge in [-0.2, -0.15) is 18.2 Å². The monoisotopic (exact) mass is 277 g/mol. The minimum absolute atomic E-state index is 0.168. The van der Waals surface area contributed by atoms with Gasteiger partial charge in [0.25, 0.3) is 0 Å². The number of halogens is 4. The highest BCUT2D eigenvalue weighted by atomic mass is 35.5. The Morgan fingerprint density at radius 3 is 2.44 bits per heavy atom. The van der Waals surface area contributed by atoms with Crippen LogP contribution < -0.4 is 0 Å². The summed E-state index contributed by atoms with van der Waals surface area (Å²) in [4.78, 5) is 13.8. The van der Waals surface area contributed by atoms with Crippen molar-refractivity contribution >= 4 is 17.7 Å². The Balaban J connectivity index is 2.59. The summed E-state index contributed by atoms with van der Waals surface area (Å²) >= 11 is 5.57. The van der Waals surface area contributed by atoms with Crippen molar-refractivity contribution in [2.24, 2.45) is 4.99 Å². The summed E-state index contributed by atoms with van der Waals surface area (Å²) in [6, 6.07) is 1.97. The maximum Gasteiger partial charge on any atom is 0.420 e. The number of hydrogen-bond donors (Lipinski definition) is 1. The molecule has 1 fully saturated rings. The molecule has 0 bridgehead atoms. The SMILES string of the molecule is O=C=NC1(c2cc(Cl)c(O)c(C(F)(F)F)c2)CC1. The molecule has 7 heteroatoms. The Morgan fingerprint density at radius 1 is 1.39 bits per heavy atom. The van der Waals surface area contributed by atoms with E-state index in [4.69, 9.17) is 11.6 Å². The zero-order valence-electron chi connectivity index (χ0n) is 8.88. The highest BCUT2D eigenvalue weighted by molar-refractivity contribution is 6.32. The molecule has 0 radical (unpaired) electrons. The van der Waals surface area contributed by atoms with E-state index >= 15 is 0 Å². The average molecular weight is 278 g/mol. The molecule has 1 saturated carbocycles. The third-order valence-electron chi connectivity index (χ3n) is 2.89. The molecule has 0 atom stereocenters. The number of phenolic OH excluding ortho intramolecular Hbond substituents is 1. The fraction of sp³-hybridized carbons (Fsp3) is 0.364. The van der Waals surface area contributed by atoms with Gasteiger partial charge in [0.05, 0.1) is 16.1 Å². The zero-order chi connectivity index (χ0) is 13.6. The molecule has 1 N–H and O–H groups in total. The van der Waals surface area contributed by atoms with Crippen molar-refractivity contribution in [2.75, 3.05) is 0 Å². The molecule has 0 saturated heterocycles. The van der Waals surface area contributed by atoms with Crippen LogP contribution in [0.4, 0.5) is 13.2 Å². The number of phenols is 1. The van der Waals surface area contributed by atoms with Gasteiger partial charge in [-0.15, -0.1) is 0 Å². The Bertz CT molecular complexity index is 546. The van der Waals surface area contributed by atoms with E-state index in [0.717, 1.165) is 6.07 Å². The van der Waals surface area contributed by atoms with Gasteiger partial charge in [0.1, 0.15) is 5.75 Å². The predicted octanol–water partition coefficient (Wildman–Crippen LogP) is 3.39. The van der Waals surface area contributed by atoms with Crippen molar-refractivity contribution in [3.8, 4) is 5.75 Å². The molecule has 1 aliphatic rings. The average Bonchev–Trinajstić information content (AvgIpc) is 3.01. The molecular weight excluding hydrogens is 271 g/mol. The number of hydrogen-bond acceptors (Lipinski definition) is 3. The predicted molar refractivity (Wildman–Crippen MR) is 57.2 cm³/mol. The topological polar surface area (TPSA) is 49.7 Å². The largest absolute Gasteiger partial charge is 0.506 e. The van der Waals surface area contributed by atoms with Crippen LogP contribution in [0.3, 0.4) is 0 Å². The molecule has 1 aromatic carbocycles. The normalized spacial score (nSPS) is 17.1. The van der Waals surface area contributed by atoms with Gasteiger partial charge in [-0.3, -0.25) is 0 Å². The molecule has 0 amide bonds. The maximum atomic E-state index is 12.7. The van der Waals surface area contributed by atoms with E-state index in [2.05, 4.69) is 4.99 Å². The molecule has 0 aromatic heterocycles. The van der Waals surface area contributed by atoms with Gasteiger partial charge in [-0.05, 0) is 30.5 Å². The molecule has 3 nitrogen and oxygen atoms in total. The number of aromatic hydroxyl groups is 1. The van der Waals surface area contributed by atoms with E-state index in [1.807, 2.05) is 0 Å². The smallest absolute Gasteiger partial charge is 0.420 e. The number of rotatable bonds is 2. The molecule has 0 unspecified atom stereocenters. The summed E-state index contributed by atoms with van der Waals surface area (Å²) < 4.78 is 38.0. The number of isocyanates is 1. The summed E-state index contributed by atoms with van der Waals surface area (Å²) in [6.45, 7) is 0. The zero-order valence-corrected chi connectivity index (χ0v) is 9.64. The van der Waals surface area contributed by atoms with Crippen LogP contribution in [-0.4, -0.2) is 11.2 Å². The van der Waals surface area contributed by atoms with Gasteiger partial charge >= 0.3 is 6.18 Å². The lowest BCUT2D eigenvalue weighted by Gasteiger charge is -2.15. The van der Waals surface area contributed by atoms with Crippen molar-refractivity contribution in [3.63, 3.8) is 0 Å². The van der Waals surface area contributed by atoms with Crippen LogP contribution in [0.2, 0.25) is 5.02 Å². The molecular formula is C11H7ClF3NO2. The van der Waals surface area contributed by atoms with Crippen LogP contribution in [0.5, 0.6) is 5.75 Å². The second-order valence-corrected chi connectivity index (χ2v) is 4.49. The first-order chi connectivity index (χ1) is 8.30. The third kappa shape index (κ3) is 2.09. The van der Waals surface area contributed by atoms with E-state index in [1.165, 1.54) is 12.1 Å². The Kier molecular flexibility index (Phi) is 2.87. The Labute approximate surface area is 105 Å². The molecule has 0 spiro atoms. The molecule has 1 aromatic rings. The van der Waals surface area contributed by atoms with Gasteiger partial charge in [0, 0.05) is 0 Å². The van der Waals surface area contributed by atoms with E-state index in [-0.39, 0.29) is 5.56 Å². The summed E-state index contributed by atoms with van der Waals surface area (Å²) in [5.41, 5.74) is -2.02. The van der Waals surface area contributed by atoms with E-state index in [0.29, 0.717) is 12.8 Å². The first-order valence-electron chi connectivity index (χ1n) is 4.99. The Hall–Kier alpha value is -1.52. The number of carbonyl (C=O) groups excluding carboxylic acids is 1. The van der Waals surface area contributed by atoms with E-state index in [9.17, 15) is 23.1 Å². The minimum atomic E-state index is -4.72. The standard InChI is InChI=1S/C11H7ClF3NO2/c12-8-4-6(10(1-2-10)16-5-17)3-7(9(8)18)11(13,14)15/h3-4,18H,1-2H2. The number of nitrogens with zero attached hydrogens (tertiary/aromatic N) is 1. The van der Waals surface area contributed by atoms with Crippen LogP contribution in [0.15, 0.2) is 17.1 Å². The van der Waals surface area contributed by atoms with Crippen molar-refractivity contribution in [3.05, 3.63) is 28.3 Å². The molecule has 96 valence electrons. The number of benzene rings is 1. The van der Waals surface area contributed by atoms with Gasteiger partial charge in [0.15, 0.2) is 0 Å². The van der Waals surface area contributed by atoms with Crippen molar-refractivity contribution in [1.29, 1.82) is 0 Å². The van der Waals surface area contributed by atoms with Crippen LogP contribution in [0, 0.1) is 0 Å². The molecule has 2 rings (SSSR count). The van der Waals surface area contributed by atoms with Gasteiger partial charge in [-0.1, -0.05) is 11.6 Å². The lowest BCUT2D eigenvalue weighted by molar-refractivity contribution is -0.138. The van der Waals surface area contributed by atoms with Crippen molar-refractivity contribution in [2.45, 2.75) is 24.6 Å². The first-order valence-corrected chi connectivity index (χ1v) is 5.37. The van der Waals surface area contributed by atoms with Crippen LogP contribution in [0.25, 0.3) is 0 Å². The molecule has 1 aliphatic carbocycles. The van der Waals surface area contributed by atoms with Crippen molar-refractivity contribution < 1.29 is 23.1 Å². The fourth-order valence-electron chi connectivity index (χ4n) is 1.75. The van der Waals surface area contributed by atoms with Crippen molar-refractivity contribution in [1.82, 2.24) is 0 Å². The van der Waals surface area contributed by atoms with Gasteiger partial charge < -0.3 is 5.11 Å². The second kappa shape index (κ2) is 4.00. The van der Waals surface area contributed by atoms with Crippen LogP contribution in [0.1, 0.15) is 24.0 Å². The lowest BCUT2D eigenvalue weighted by Crippen LogP contribution is -2.10. The summed E-state index contributed by atoms with van der Waals surface area (Å²) in [5.74, 6) is -1.02. The van der Waals surface area contributed by atoms with Gasteiger partial charge in [0.2, 0.25) is 6.08 Å². The maximum absolute atomic E-state index is 12.7. The highest BCUT2D eigenvalue weighted by Gasteiger charge is 2.47. The van der Waals surface area contributed by atoms with Crippen LogP contribution >= 0.6 is 11.6 Å². The second-order valence-electron chi connectivity index (χ2n) is 4.09. The first kappa shape index (κ1) is 12.9. The Morgan fingerprint density at radius 2 is 2.00 bits per heavy atom.